The van der Waals surface area contributed by atoms with Gasteiger partial charge in [0.25, 0.3) is 0 Å². The minimum Gasteiger partial charge on any atom is -0.546 e. The molecule has 0 aromatic heterocycles. The molecule has 1 aromatic carbocycles. The summed E-state index contributed by atoms with van der Waals surface area (Å²) in [5.41, 5.74) is 0. The van der Waals surface area contributed by atoms with Crippen LogP contribution in [0.2, 0.25) is 0 Å². The third kappa shape index (κ3) is 4.38. The van der Waals surface area contributed by atoms with Crippen LogP contribution in [0.15, 0.2) is 30.3 Å². The van der Waals surface area contributed by atoms with Gasteiger partial charge in [0.05, 0.1) is 5.97 Å². The van der Waals surface area contributed by atoms with Crippen molar-refractivity contribution in [3.05, 3.63) is 30.3 Å². The number of carbonyl (C=O) groups is 1. The number of hydrogen-bond acceptors (Lipinski definition) is 3. The molecule has 0 atom stereocenters. The van der Waals surface area contributed by atoms with Gasteiger partial charge < -0.3 is 14.6 Å². The summed E-state index contributed by atoms with van der Waals surface area (Å²) >= 11 is 0. The van der Waals surface area contributed by atoms with E-state index in [-0.39, 0.29) is 29.6 Å². The maximum Gasteiger partial charge on any atom is 1.00 e. The van der Waals surface area contributed by atoms with Crippen LogP contribution in [-0.4, -0.2) is 12.6 Å². The molecular formula is C8H7NaO3. The topological polar surface area (TPSA) is 49.4 Å². The fourth-order valence-corrected chi connectivity index (χ4v) is 0.659. The van der Waals surface area contributed by atoms with Crippen LogP contribution >= 0.6 is 0 Å². The van der Waals surface area contributed by atoms with Gasteiger partial charge in [0, 0.05) is 0 Å². The number of aliphatic carboxylic acids is 1. The molecule has 0 unspecified atom stereocenters. The summed E-state index contributed by atoms with van der Waals surface area (Å²) in [7, 11) is 0. The van der Waals surface area contributed by atoms with E-state index in [1.165, 1.54) is 0 Å². The Morgan fingerprint density at radius 2 is 1.92 bits per heavy atom. The third-order valence-electron chi connectivity index (χ3n) is 1.10. The van der Waals surface area contributed by atoms with E-state index in [4.69, 9.17) is 4.74 Å². The molecule has 0 amide bonds. The molecule has 1 rings (SSSR count). The third-order valence-corrected chi connectivity index (χ3v) is 1.10. The quantitative estimate of drug-likeness (QED) is 0.454. The van der Waals surface area contributed by atoms with E-state index in [1.807, 2.05) is 6.07 Å². The number of hydrogen-bond donors (Lipinski definition) is 0. The first-order valence-corrected chi connectivity index (χ1v) is 3.17. The second-order valence-electron chi connectivity index (χ2n) is 1.97. The minimum absolute atomic E-state index is 0. The fraction of sp³-hybridized carbons (Fsp3) is 0.125. The van der Waals surface area contributed by atoms with Gasteiger partial charge in [0.15, 0.2) is 0 Å². The molecule has 12 heavy (non-hydrogen) atoms. The van der Waals surface area contributed by atoms with Gasteiger partial charge >= 0.3 is 29.6 Å². The van der Waals surface area contributed by atoms with Crippen molar-refractivity contribution in [3.63, 3.8) is 0 Å². The van der Waals surface area contributed by atoms with Crippen molar-refractivity contribution in [2.45, 2.75) is 0 Å². The van der Waals surface area contributed by atoms with E-state index < -0.39 is 12.6 Å². The summed E-state index contributed by atoms with van der Waals surface area (Å²) in [6.45, 7) is -0.399. The van der Waals surface area contributed by atoms with E-state index in [9.17, 15) is 9.90 Å². The Morgan fingerprint density at radius 3 is 2.42 bits per heavy atom. The molecular weight excluding hydrogens is 167 g/mol. The molecule has 4 heteroatoms. The largest absolute Gasteiger partial charge is 1.00 e. The molecule has 58 valence electrons. The van der Waals surface area contributed by atoms with Gasteiger partial charge in [-0.15, -0.1) is 0 Å². The molecule has 0 saturated heterocycles. The summed E-state index contributed by atoms with van der Waals surface area (Å²) in [5, 5.41) is 9.94. The average Bonchev–Trinajstić information content (AvgIpc) is 2.03. The van der Waals surface area contributed by atoms with E-state index in [2.05, 4.69) is 0 Å². The van der Waals surface area contributed by atoms with Crippen molar-refractivity contribution in [1.29, 1.82) is 0 Å². The second-order valence-corrected chi connectivity index (χ2v) is 1.97. The summed E-state index contributed by atoms with van der Waals surface area (Å²) in [4.78, 5) is 9.94. The second kappa shape index (κ2) is 6.06. The number of benzene rings is 1. The van der Waals surface area contributed by atoms with Crippen LogP contribution in [0, 0.1) is 0 Å². The van der Waals surface area contributed by atoms with Gasteiger partial charge in [0.2, 0.25) is 0 Å². The predicted octanol–water partition coefficient (Wildman–Crippen LogP) is -3.18. The Morgan fingerprint density at radius 1 is 1.33 bits per heavy atom. The monoisotopic (exact) mass is 174 g/mol. The van der Waals surface area contributed by atoms with Crippen LogP contribution in [0.1, 0.15) is 0 Å². The van der Waals surface area contributed by atoms with Gasteiger partial charge in [-0.05, 0) is 12.1 Å². The molecule has 0 fully saturated rings. The molecule has 0 radical (unpaired) electrons. The van der Waals surface area contributed by atoms with Crippen molar-refractivity contribution >= 4 is 5.97 Å². The number of carboxylic acids is 1. The Labute approximate surface area is 92.6 Å². The first-order chi connectivity index (χ1) is 5.29. The standard InChI is InChI=1S/C8H8O3.Na/c9-8(10)6-11-7-4-2-1-3-5-7;/h1-5H,6H2,(H,9,10);/q;+1/p-1. The van der Waals surface area contributed by atoms with Gasteiger partial charge in [-0.1, -0.05) is 18.2 Å². The van der Waals surface area contributed by atoms with Crippen LogP contribution in [0.25, 0.3) is 0 Å². The Balaban J connectivity index is 0.00000121. The van der Waals surface area contributed by atoms with Crippen LogP contribution in [-0.2, 0) is 4.79 Å². The summed E-state index contributed by atoms with van der Waals surface area (Å²) in [6, 6.07) is 8.73. The number of ether oxygens (including phenoxy) is 1. The van der Waals surface area contributed by atoms with Gasteiger partial charge in [-0.3, -0.25) is 0 Å². The van der Waals surface area contributed by atoms with E-state index in [0.29, 0.717) is 5.75 Å². The Bertz CT molecular complexity index is 235. The summed E-state index contributed by atoms with van der Waals surface area (Å²) in [6.07, 6.45) is 0. The number of carbonyl (C=O) groups excluding carboxylic acids is 1. The molecule has 0 spiro atoms. The predicted molar refractivity (Wildman–Crippen MR) is 36.9 cm³/mol. The number of rotatable bonds is 3. The van der Waals surface area contributed by atoms with Crippen molar-refractivity contribution in [2.24, 2.45) is 0 Å². The molecule has 0 heterocycles. The maximum atomic E-state index is 9.94. The molecule has 0 N–H and O–H groups in total. The molecule has 0 aliphatic rings. The molecule has 0 saturated carbocycles. The normalized spacial score (nSPS) is 8.33. The Kier molecular flexibility index (Phi) is 5.80. The van der Waals surface area contributed by atoms with Crippen molar-refractivity contribution in [2.75, 3.05) is 6.61 Å². The van der Waals surface area contributed by atoms with E-state index in [1.54, 1.807) is 24.3 Å². The summed E-state index contributed by atoms with van der Waals surface area (Å²) in [5.74, 6) is -0.675. The minimum atomic E-state index is -1.21. The Hall–Kier alpha value is -0.510. The zero-order valence-corrected chi connectivity index (χ0v) is 8.82. The van der Waals surface area contributed by atoms with Gasteiger partial charge in [0.1, 0.15) is 12.4 Å². The fourth-order valence-electron chi connectivity index (χ4n) is 0.659. The van der Waals surface area contributed by atoms with Crippen molar-refractivity contribution in [1.82, 2.24) is 0 Å². The van der Waals surface area contributed by atoms with Crippen LogP contribution in [0.3, 0.4) is 0 Å². The zero-order chi connectivity index (χ0) is 8.10. The average molecular weight is 174 g/mol. The first kappa shape index (κ1) is 11.5. The van der Waals surface area contributed by atoms with E-state index in [0.717, 1.165) is 0 Å². The van der Waals surface area contributed by atoms with Gasteiger partial charge in [-0.2, -0.15) is 0 Å². The van der Waals surface area contributed by atoms with Crippen LogP contribution in [0.5, 0.6) is 5.75 Å². The molecule has 3 nitrogen and oxygen atoms in total. The molecule has 0 bridgehead atoms. The van der Waals surface area contributed by atoms with Crippen LogP contribution < -0.4 is 39.4 Å². The van der Waals surface area contributed by atoms with Crippen molar-refractivity contribution < 1.29 is 44.2 Å². The molecule has 0 aliphatic carbocycles. The smallest absolute Gasteiger partial charge is 0.546 e. The molecule has 0 aliphatic heterocycles. The number of carboxylic acid groups (broad SMARTS) is 1. The summed E-state index contributed by atoms with van der Waals surface area (Å²) < 4.78 is 4.81. The SMILES string of the molecule is O=C([O-])COc1ccccc1.[Na+]. The zero-order valence-electron chi connectivity index (χ0n) is 6.82. The van der Waals surface area contributed by atoms with Gasteiger partial charge in [-0.25, -0.2) is 0 Å². The van der Waals surface area contributed by atoms with Crippen molar-refractivity contribution in [3.8, 4) is 5.75 Å². The van der Waals surface area contributed by atoms with Crippen LogP contribution in [0.4, 0.5) is 0 Å². The van der Waals surface area contributed by atoms with E-state index >= 15 is 0 Å². The first-order valence-electron chi connectivity index (χ1n) is 3.17. The molecule has 1 aromatic rings. The maximum absolute atomic E-state index is 9.94. The number of para-hydroxylation sites is 1.